The number of halogens is 1. The first-order chi connectivity index (χ1) is 15.1. The lowest BCUT2D eigenvalue weighted by molar-refractivity contribution is 0.313. The van der Waals surface area contributed by atoms with Crippen molar-refractivity contribution in [2.24, 2.45) is 7.05 Å². The van der Waals surface area contributed by atoms with E-state index in [9.17, 15) is 0 Å². The van der Waals surface area contributed by atoms with E-state index < -0.39 is 0 Å². The molecule has 0 aliphatic carbocycles. The molecule has 0 radical (unpaired) electrons. The molecule has 1 saturated heterocycles. The number of hydrogen-bond acceptors (Lipinski definition) is 6. The third kappa shape index (κ3) is 4.22. The van der Waals surface area contributed by atoms with Gasteiger partial charge in [0.05, 0.1) is 17.1 Å². The zero-order valence-electron chi connectivity index (χ0n) is 18.3. The summed E-state index contributed by atoms with van der Waals surface area (Å²) in [5.74, 6) is 0.553. The zero-order valence-corrected chi connectivity index (χ0v) is 19.1. The number of nitrogens with one attached hydrogen (secondary N) is 1. The number of nitrogens with two attached hydrogens (primary N) is 1. The summed E-state index contributed by atoms with van der Waals surface area (Å²) < 4.78 is 2.12. The fraction of sp³-hybridized carbons (Fsp3) is 0.250. The lowest BCUT2D eigenvalue weighted by Gasteiger charge is -2.34. The summed E-state index contributed by atoms with van der Waals surface area (Å²) in [4.78, 5) is 13.9. The van der Waals surface area contributed by atoms with Crippen LogP contribution in [0.4, 0.5) is 23.0 Å². The van der Waals surface area contributed by atoms with Crippen LogP contribution in [0.2, 0.25) is 0 Å². The molecule has 1 fully saturated rings. The average molecular weight is 450 g/mol. The highest BCUT2D eigenvalue weighted by Gasteiger charge is 2.17. The van der Waals surface area contributed by atoms with Crippen LogP contribution in [0.3, 0.4) is 0 Å². The Morgan fingerprint density at radius 1 is 0.969 bits per heavy atom. The SMILES string of the molecule is CN1CCN(c2ccc(Nc3nccc(-c4cn(C)c5ccccc45)n3)cc2N)CC1.Cl. The number of piperazine rings is 1. The average Bonchev–Trinajstić information content (AvgIpc) is 3.12. The van der Waals surface area contributed by atoms with E-state index in [1.54, 1.807) is 6.20 Å². The number of nitrogen functional groups attached to an aromatic ring is 1. The maximum atomic E-state index is 6.39. The Kier molecular flexibility index (Phi) is 6.21. The van der Waals surface area contributed by atoms with Crippen molar-refractivity contribution < 1.29 is 0 Å². The Balaban J connectivity index is 0.00000245. The molecule has 5 rings (SSSR count). The summed E-state index contributed by atoms with van der Waals surface area (Å²) in [5.41, 5.74) is 12.3. The summed E-state index contributed by atoms with van der Waals surface area (Å²) in [6, 6.07) is 16.4. The summed E-state index contributed by atoms with van der Waals surface area (Å²) in [6.07, 6.45) is 3.90. The molecule has 3 N–H and O–H groups in total. The highest BCUT2D eigenvalue weighted by molar-refractivity contribution is 5.95. The molecule has 3 heterocycles. The topological polar surface area (TPSA) is 75.2 Å². The van der Waals surface area contributed by atoms with Gasteiger partial charge in [-0.25, -0.2) is 9.97 Å². The van der Waals surface area contributed by atoms with E-state index in [4.69, 9.17) is 10.7 Å². The number of para-hydroxylation sites is 1. The smallest absolute Gasteiger partial charge is 0.227 e. The van der Waals surface area contributed by atoms with E-state index in [0.29, 0.717) is 5.95 Å². The molecule has 1 aliphatic heterocycles. The predicted octanol–water partition coefficient (Wildman–Crippen LogP) is 4.13. The molecule has 2 aromatic heterocycles. The fourth-order valence-electron chi connectivity index (χ4n) is 4.21. The number of aryl methyl sites for hydroxylation is 1. The van der Waals surface area contributed by atoms with Crippen LogP contribution in [-0.2, 0) is 7.05 Å². The molecule has 4 aromatic rings. The number of anilines is 4. The van der Waals surface area contributed by atoms with Gasteiger partial charge in [0.25, 0.3) is 0 Å². The van der Waals surface area contributed by atoms with E-state index >= 15 is 0 Å². The number of benzene rings is 2. The molecule has 0 amide bonds. The highest BCUT2D eigenvalue weighted by Crippen LogP contribution is 2.31. The van der Waals surface area contributed by atoms with E-state index in [1.807, 2.05) is 18.2 Å². The molecule has 2 aromatic carbocycles. The third-order valence-corrected chi connectivity index (χ3v) is 5.96. The van der Waals surface area contributed by atoms with Crippen molar-refractivity contribution in [1.82, 2.24) is 19.4 Å². The summed E-state index contributed by atoms with van der Waals surface area (Å²) >= 11 is 0. The van der Waals surface area contributed by atoms with Gasteiger partial charge in [0.1, 0.15) is 0 Å². The van der Waals surface area contributed by atoms with Crippen LogP contribution in [0.25, 0.3) is 22.2 Å². The molecule has 0 atom stereocenters. The zero-order chi connectivity index (χ0) is 21.4. The summed E-state index contributed by atoms with van der Waals surface area (Å²) in [5, 5.41) is 4.49. The van der Waals surface area contributed by atoms with Crippen molar-refractivity contribution in [3.8, 4) is 11.3 Å². The van der Waals surface area contributed by atoms with Gasteiger partial charge >= 0.3 is 0 Å². The van der Waals surface area contributed by atoms with E-state index in [-0.39, 0.29) is 12.4 Å². The van der Waals surface area contributed by atoms with Gasteiger partial charge < -0.3 is 25.4 Å². The minimum absolute atomic E-state index is 0. The Morgan fingerprint density at radius 3 is 2.53 bits per heavy atom. The first-order valence-electron chi connectivity index (χ1n) is 10.6. The molecule has 0 bridgehead atoms. The maximum absolute atomic E-state index is 6.39. The molecular formula is C24H28ClN7. The van der Waals surface area contributed by atoms with Crippen molar-refractivity contribution in [3.63, 3.8) is 0 Å². The van der Waals surface area contributed by atoms with Gasteiger partial charge in [-0.15, -0.1) is 12.4 Å². The lowest BCUT2D eigenvalue weighted by Crippen LogP contribution is -2.44. The molecule has 0 spiro atoms. The molecule has 166 valence electrons. The number of aromatic nitrogens is 3. The van der Waals surface area contributed by atoms with Gasteiger partial charge in [-0.2, -0.15) is 0 Å². The van der Waals surface area contributed by atoms with Crippen molar-refractivity contribution in [2.75, 3.05) is 49.2 Å². The second kappa shape index (κ2) is 9.06. The predicted molar refractivity (Wildman–Crippen MR) is 135 cm³/mol. The van der Waals surface area contributed by atoms with Gasteiger partial charge in [0, 0.05) is 67.8 Å². The van der Waals surface area contributed by atoms with Crippen LogP contribution >= 0.6 is 12.4 Å². The Bertz CT molecular complexity index is 1230. The third-order valence-electron chi connectivity index (χ3n) is 5.96. The maximum Gasteiger partial charge on any atom is 0.227 e. The molecule has 7 nitrogen and oxygen atoms in total. The van der Waals surface area contributed by atoms with Crippen LogP contribution in [0, 0.1) is 0 Å². The molecule has 1 aliphatic rings. The quantitative estimate of drug-likeness (QED) is 0.456. The number of nitrogens with zero attached hydrogens (tertiary/aromatic N) is 5. The van der Waals surface area contributed by atoms with Crippen molar-refractivity contribution in [1.29, 1.82) is 0 Å². The molecule has 8 heteroatoms. The second-order valence-corrected chi connectivity index (χ2v) is 8.13. The van der Waals surface area contributed by atoms with E-state index in [2.05, 4.69) is 75.3 Å². The number of rotatable bonds is 4. The van der Waals surface area contributed by atoms with Crippen molar-refractivity contribution in [2.45, 2.75) is 0 Å². The van der Waals surface area contributed by atoms with Crippen LogP contribution in [0.5, 0.6) is 0 Å². The molecular weight excluding hydrogens is 422 g/mol. The fourth-order valence-corrected chi connectivity index (χ4v) is 4.21. The van der Waals surface area contributed by atoms with Gasteiger partial charge in [0.2, 0.25) is 5.95 Å². The highest BCUT2D eigenvalue weighted by atomic mass is 35.5. The molecule has 0 unspecified atom stereocenters. The normalized spacial score (nSPS) is 14.4. The van der Waals surface area contributed by atoms with Crippen LogP contribution in [-0.4, -0.2) is 52.7 Å². The van der Waals surface area contributed by atoms with Gasteiger partial charge in [-0.3, -0.25) is 0 Å². The molecule has 0 saturated carbocycles. The van der Waals surface area contributed by atoms with Crippen LogP contribution in [0.1, 0.15) is 0 Å². The van der Waals surface area contributed by atoms with Crippen molar-refractivity contribution >= 4 is 46.3 Å². The van der Waals surface area contributed by atoms with E-state index in [1.165, 1.54) is 10.9 Å². The summed E-state index contributed by atoms with van der Waals surface area (Å²) in [7, 11) is 4.21. The van der Waals surface area contributed by atoms with E-state index in [0.717, 1.165) is 54.5 Å². The largest absolute Gasteiger partial charge is 0.397 e. The molecule has 32 heavy (non-hydrogen) atoms. The number of likely N-dealkylation sites (N-methyl/N-ethyl adjacent to an activating group) is 1. The number of fused-ring (bicyclic) bond motifs is 1. The first kappa shape index (κ1) is 21.9. The second-order valence-electron chi connectivity index (χ2n) is 8.13. The minimum atomic E-state index is 0. The van der Waals surface area contributed by atoms with Gasteiger partial charge in [-0.05, 0) is 37.4 Å². The Hall–Kier alpha value is -3.29. The number of hydrogen-bond donors (Lipinski definition) is 2. The van der Waals surface area contributed by atoms with Gasteiger partial charge in [-0.1, -0.05) is 18.2 Å². The Labute approximate surface area is 194 Å². The van der Waals surface area contributed by atoms with Crippen molar-refractivity contribution in [3.05, 3.63) is 60.9 Å². The lowest BCUT2D eigenvalue weighted by atomic mass is 10.1. The van der Waals surface area contributed by atoms with Gasteiger partial charge in [0.15, 0.2) is 0 Å². The monoisotopic (exact) mass is 449 g/mol. The minimum Gasteiger partial charge on any atom is -0.397 e. The Morgan fingerprint density at radius 2 is 1.75 bits per heavy atom. The summed E-state index contributed by atoms with van der Waals surface area (Å²) in [6.45, 7) is 4.08. The first-order valence-corrected chi connectivity index (χ1v) is 10.6. The van der Waals surface area contributed by atoms with Crippen LogP contribution < -0.4 is 16.0 Å². The standard InChI is InChI=1S/C24H27N7.ClH/c1-29-11-13-31(14-12-29)23-8-7-17(15-20(23)25)27-24-26-10-9-21(28-24)19-16-30(2)22-6-4-3-5-18(19)22;/h3-10,15-16H,11-14,25H2,1-2H3,(H,26,27,28);1H. The van der Waals surface area contributed by atoms with Crippen LogP contribution in [0.15, 0.2) is 60.9 Å².